The predicted octanol–water partition coefficient (Wildman–Crippen LogP) is 2.16. The molecule has 0 amide bonds. The van der Waals surface area contributed by atoms with Crippen LogP contribution in [0.15, 0.2) is 12.1 Å². The molecule has 0 radical (unpaired) electrons. The molecule has 0 spiro atoms. The molecule has 0 fully saturated rings. The Morgan fingerprint density at radius 2 is 2.00 bits per heavy atom. The predicted molar refractivity (Wildman–Crippen MR) is 41.4 cm³/mol. The third-order valence-corrected chi connectivity index (χ3v) is 2.56. The molecule has 1 rings (SSSR count). The van der Waals surface area contributed by atoms with Crippen LogP contribution in [0.1, 0.15) is 0 Å². The molecule has 1 N–H and O–H groups in total. The highest BCUT2D eigenvalue weighted by Crippen LogP contribution is 2.26. The van der Waals surface area contributed by atoms with Gasteiger partial charge in [0.05, 0.1) is 0 Å². The maximum absolute atomic E-state index is 12.5. The van der Waals surface area contributed by atoms with Crippen molar-refractivity contribution in [2.24, 2.45) is 0 Å². The van der Waals surface area contributed by atoms with Gasteiger partial charge in [-0.15, -0.1) is 0 Å². The summed E-state index contributed by atoms with van der Waals surface area (Å²) < 4.78 is 34.8. The van der Waals surface area contributed by atoms with E-state index in [9.17, 15) is 11.8 Å². The zero-order valence-corrected chi connectivity index (χ0v) is 7.30. The Morgan fingerprint density at radius 3 is 2.45 bits per heavy atom. The quantitative estimate of drug-likeness (QED) is 0.628. The van der Waals surface area contributed by atoms with Crippen molar-refractivity contribution in [1.29, 1.82) is 0 Å². The van der Waals surface area contributed by atoms with E-state index in [1.807, 2.05) is 0 Å². The van der Waals surface area contributed by atoms with Crippen molar-refractivity contribution in [2.45, 2.75) is 0 Å². The fraction of sp³-hybridized carbons (Fsp3) is 0. The van der Waals surface area contributed by atoms with Gasteiger partial charge in [-0.25, -0.2) is 8.78 Å². The van der Waals surface area contributed by atoms with E-state index >= 15 is 0 Å². The van der Waals surface area contributed by atoms with Crippen LogP contribution in [0.25, 0.3) is 0 Å². The highest BCUT2D eigenvalue weighted by Gasteiger charge is 2.09. The van der Waals surface area contributed by atoms with E-state index in [4.69, 9.17) is 5.11 Å². The summed E-state index contributed by atoms with van der Waals surface area (Å²) in [6.07, 6.45) is 0. The van der Waals surface area contributed by atoms with Crippen molar-refractivity contribution in [3.05, 3.63) is 27.3 Å². The van der Waals surface area contributed by atoms with E-state index in [0.717, 1.165) is 6.07 Å². The van der Waals surface area contributed by atoms with Crippen LogP contribution in [-0.4, -0.2) is 5.11 Å². The lowest BCUT2D eigenvalue weighted by atomic mass is 10.3. The molecule has 0 aliphatic heterocycles. The Morgan fingerprint density at radius 1 is 1.36 bits per heavy atom. The minimum atomic E-state index is -1.79. The summed E-state index contributed by atoms with van der Waals surface area (Å²) in [5.41, 5.74) is 0. The molecule has 0 bridgehead atoms. The van der Waals surface area contributed by atoms with Gasteiger partial charge >= 0.3 is 0 Å². The first kappa shape index (κ1) is 8.51. The maximum atomic E-state index is 12.5. The number of hydrogen-bond acceptors (Lipinski definition) is 2. The zero-order chi connectivity index (χ0) is 8.43. The maximum Gasteiger partial charge on any atom is 0.189 e. The SMILES string of the molecule is O=Ic1c(O)cc(F)cc1F. The van der Waals surface area contributed by atoms with Crippen LogP contribution in [0.3, 0.4) is 0 Å². The molecule has 5 heteroatoms. The molecule has 0 atom stereocenters. The van der Waals surface area contributed by atoms with Gasteiger partial charge in [-0.1, -0.05) is 0 Å². The summed E-state index contributed by atoms with van der Waals surface area (Å²) in [6.45, 7) is 0. The second-order valence-electron chi connectivity index (χ2n) is 1.80. The molecule has 0 aromatic heterocycles. The molecule has 0 unspecified atom stereocenters. The van der Waals surface area contributed by atoms with Crippen LogP contribution in [0.2, 0.25) is 0 Å². The molecule has 0 saturated heterocycles. The molecule has 1 aromatic carbocycles. The van der Waals surface area contributed by atoms with Gasteiger partial charge in [-0.2, -0.15) is 0 Å². The van der Waals surface area contributed by atoms with Gasteiger partial charge in [0.15, 0.2) is 21.2 Å². The standard InChI is InChI=1S/C6H3F2IO2/c7-3-1-4(8)6(9-11)5(10)2-3/h1-2,10H. The Balaban J connectivity index is 3.36. The van der Waals surface area contributed by atoms with Gasteiger partial charge in [0.2, 0.25) is 0 Å². The normalized spacial score (nSPS) is 10.0. The Hall–Kier alpha value is -0.590. The molecule has 2 nitrogen and oxygen atoms in total. The minimum absolute atomic E-state index is 0.287. The fourth-order valence-electron chi connectivity index (χ4n) is 0.619. The van der Waals surface area contributed by atoms with Crippen molar-refractivity contribution in [3.63, 3.8) is 0 Å². The number of phenols is 1. The molecule has 0 heterocycles. The molecular formula is C6H3F2IO2. The van der Waals surface area contributed by atoms with Crippen LogP contribution in [-0.2, 0) is 3.07 Å². The van der Waals surface area contributed by atoms with Crippen molar-refractivity contribution < 1.29 is 17.0 Å². The molecule has 11 heavy (non-hydrogen) atoms. The number of halogens is 3. The van der Waals surface area contributed by atoms with Crippen LogP contribution in [0.4, 0.5) is 8.78 Å². The lowest BCUT2D eigenvalue weighted by Gasteiger charge is -1.96. The van der Waals surface area contributed by atoms with Crippen molar-refractivity contribution in [3.8, 4) is 5.75 Å². The lowest BCUT2D eigenvalue weighted by molar-refractivity contribution is 0.454. The van der Waals surface area contributed by atoms with Crippen LogP contribution in [0.5, 0.6) is 5.75 Å². The number of benzene rings is 1. The zero-order valence-electron chi connectivity index (χ0n) is 5.14. The van der Waals surface area contributed by atoms with E-state index in [-0.39, 0.29) is 3.57 Å². The topological polar surface area (TPSA) is 37.3 Å². The average molecular weight is 272 g/mol. The lowest BCUT2D eigenvalue weighted by Crippen LogP contribution is -1.85. The molecule has 1 aromatic rings. The highest BCUT2D eigenvalue weighted by atomic mass is 127. The summed E-state index contributed by atoms with van der Waals surface area (Å²) in [6, 6.07) is 1.32. The third kappa shape index (κ3) is 1.70. The van der Waals surface area contributed by atoms with Crippen molar-refractivity contribution >= 4 is 21.2 Å². The number of aromatic hydroxyl groups is 1. The second kappa shape index (κ2) is 3.21. The average Bonchev–Trinajstić information content (AvgIpc) is 1.85. The first-order chi connectivity index (χ1) is 5.15. The van der Waals surface area contributed by atoms with Gasteiger partial charge in [0.25, 0.3) is 0 Å². The summed E-state index contributed by atoms with van der Waals surface area (Å²) in [5.74, 6) is -2.41. The van der Waals surface area contributed by atoms with Gasteiger partial charge in [0, 0.05) is 12.1 Å². The fourth-order valence-corrected chi connectivity index (χ4v) is 1.37. The minimum Gasteiger partial charge on any atom is -0.507 e. The van der Waals surface area contributed by atoms with E-state index < -0.39 is 38.6 Å². The van der Waals surface area contributed by atoms with Crippen molar-refractivity contribution in [1.82, 2.24) is 0 Å². The molecule has 0 aliphatic rings. The Bertz CT molecular complexity index is 278. The molecular weight excluding hydrogens is 269 g/mol. The van der Waals surface area contributed by atoms with Gasteiger partial charge in [-0.3, -0.25) is 3.07 Å². The van der Waals surface area contributed by atoms with Gasteiger partial charge in [0.1, 0.15) is 21.0 Å². The molecule has 60 valence electrons. The Kier molecular flexibility index (Phi) is 2.48. The summed E-state index contributed by atoms with van der Waals surface area (Å²) in [7, 11) is 0. The number of hydrogen-bond donors (Lipinski definition) is 1. The molecule has 0 saturated carbocycles. The van der Waals surface area contributed by atoms with Crippen molar-refractivity contribution in [2.75, 3.05) is 0 Å². The van der Waals surface area contributed by atoms with Crippen LogP contribution >= 0.6 is 21.2 Å². The molecule has 0 aliphatic carbocycles. The Labute approximate surface area is 71.5 Å². The van der Waals surface area contributed by atoms with Crippen LogP contribution < -0.4 is 0 Å². The monoisotopic (exact) mass is 272 g/mol. The number of rotatable bonds is 1. The summed E-state index contributed by atoms with van der Waals surface area (Å²) >= 11 is -1.79. The first-order valence-corrected chi connectivity index (χ1v) is 4.56. The summed E-state index contributed by atoms with van der Waals surface area (Å²) in [5, 5.41) is 8.82. The van der Waals surface area contributed by atoms with Gasteiger partial charge in [-0.05, 0) is 0 Å². The summed E-state index contributed by atoms with van der Waals surface area (Å²) in [4.78, 5) is 0. The highest BCUT2D eigenvalue weighted by molar-refractivity contribution is 14.1. The first-order valence-electron chi connectivity index (χ1n) is 2.60. The third-order valence-electron chi connectivity index (χ3n) is 1.05. The smallest absolute Gasteiger partial charge is 0.189 e. The second-order valence-corrected chi connectivity index (χ2v) is 3.32. The van der Waals surface area contributed by atoms with E-state index in [1.165, 1.54) is 0 Å². The number of phenolic OH excluding ortho intramolecular Hbond substituents is 1. The van der Waals surface area contributed by atoms with Crippen LogP contribution in [0, 0.1) is 15.2 Å². The van der Waals surface area contributed by atoms with E-state index in [2.05, 4.69) is 0 Å². The van der Waals surface area contributed by atoms with Gasteiger partial charge < -0.3 is 5.11 Å². The van der Waals surface area contributed by atoms with E-state index in [0.29, 0.717) is 6.07 Å². The largest absolute Gasteiger partial charge is 0.507 e. The van der Waals surface area contributed by atoms with E-state index in [1.54, 1.807) is 0 Å².